The van der Waals surface area contributed by atoms with Gasteiger partial charge in [0.15, 0.2) is 0 Å². The van der Waals surface area contributed by atoms with E-state index >= 15 is 0 Å². The molecule has 2 unspecified atom stereocenters. The zero-order chi connectivity index (χ0) is 13.8. The third-order valence-corrected chi connectivity index (χ3v) is 4.90. The van der Waals surface area contributed by atoms with Gasteiger partial charge < -0.3 is 9.84 Å². The van der Waals surface area contributed by atoms with Crippen molar-refractivity contribution in [1.29, 1.82) is 0 Å². The molecule has 2 heterocycles. The van der Waals surface area contributed by atoms with E-state index in [2.05, 4.69) is 11.1 Å². The highest BCUT2D eigenvalue weighted by molar-refractivity contribution is 7.18. The number of aliphatic hydroxyl groups is 1. The van der Waals surface area contributed by atoms with E-state index in [4.69, 9.17) is 4.74 Å². The number of thiazole rings is 1. The topological polar surface area (TPSA) is 42.4 Å². The van der Waals surface area contributed by atoms with E-state index in [0.29, 0.717) is 12.5 Å². The second-order valence-electron chi connectivity index (χ2n) is 5.50. The van der Waals surface area contributed by atoms with Gasteiger partial charge >= 0.3 is 0 Å². The Bertz CT molecular complexity index is 515. The molecule has 1 N–H and O–H groups in total. The number of ether oxygens (including phenoxy) is 1. The van der Waals surface area contributed by atoms with Crippen LogP contribution in [0.15, 0.2) is 24.3 Å². The van der Waals surface area contributed by atoms with Gasteiger partial charge in [0, 0.05) is 13.0 Å². The number of benzene rings is 1. The van der Waals surface area contributed by atoms with Crippen LogP contribution in [0, 0.1) is 0 Å². The summed E-state index contributed by atoms with van der Waals surface area (Å²) in [6.45, 7) is 0.888. The van der Waals surface area contributed by atoms with Gasteiger partial charge in [-0.15, -0.1) is 11.3 Å². The van der Waals surface area contributed by atoms with Crippen LogP contribution in [-0.4, -0.2) is 28.9 Å². The minimum Gasteiger partial charge on any atom is -0.393 e. The number of para-hydroxylation sites is 1. The maximum Gasteiger partial charge on any atom is 0.0964 e. The summed E-state index contributed by atoms with van der Waals surface area (Å²) >= 11 is 1.68. The van der Waals surface area contributed by atoms with E-state index in [9.17, 15) is 5.11 Å². The molecule has 20 heavy (non-hydrogen) atoms. The van der Waals surface area contributed by atoms with Gasteiger partial charge in [-0.2, -0.15) is 0 Å². The van der Waals surface area contributed by atoms with Crippen LogP contribution in [0.3, 0.4) is 0 Å². The Morgan fingerprint density at radius 1 is 1.35 bits per heavy atom. The zero-order valence-corrected chi connectivity index (χ0v) is 12.4. The smallest absolute Gasteiger partial charge is 0.0964 e. The molecule has 1 aliphatic rings. The molecule has 4 heteroatoms. The predicted octanol–water partition coefficient (Wildman–Crippen LogP) is 3.55. The minimum atomic E-state index is -0.305. The Hall–Kier alpha value is -0.970. The summed E-state index contributed by atoms with van der Waals surface area (Å²) in [5.41, 5.74) is 1.04. The molecule has 2 aromatic rings. The maximum atomic E-state index is 10.2. The fraction of sp³-hybridized carbons (Fsp3) is 0.562. The molecule has 1 saturated heterocycles. The molecule has 1 aliphatic heterocycles. The second-order valence-corrected chi connectivity index (χ2v) is 6.61. The summed E-state index contributed by atoms with van der Waals surface area (Å²) in [6, 6.07) is 8.14. The summed E-state index contributed by atoms with van der Waals surface area (Å²) in [7, 11) is 0. The van der Waals surface area contributed by atoms with Gasteiger partial charge in [0.2, 0.25) is 0 Å². The van der Waals surface area contributed by atoms with Crippen molar-refractivity contribution in [3.05, 3.63) is 29.3 Å². The molecule has 0 amide bonds. The van der Waals surface area contributed by atoms with Gasteiger partial charge in [0.05, 0.1) is 27.4 Å². The molecule has 0 bridgehead atoms. The minimum absolute atomic E-state index is 0.305. The van der Waals surface area contributed by atoms with Crippen LogP contribution in [-0.2, 0) is 11.2 Å². The lowest BCUT2D eigenvalue weighted by molar-refractivity contribution is 0.00234. The number of hydrogen-bond acceptors (Lipinski definition) is 4. The fourth-order valence-corrected chi connectivity index (χ4v) is 3.76. The molecular formula is C16H21NO2S. The first kappa shape index (κ1) is 14.0. The highest BCUT2D eigenvalue weighted by atomic mass is 32.1. The third kappa shape index (κ3) is 3.57. The Morgan fingerprint density at radius 3 is 3.05 bits per heavy atom. The molecule has 3 nitrogen and oxygen atoms in total. The number of nitrogens with zero attached hydrogens (tertiary/aromatic N) is 1. The normalized spacial score (nSPS) is 21.1. The number of fused-ring (bicyclic) bond motifs is 1. The van der Waals surface area contributed by atoms with Crippen LogP contribution < -0.4 is 0 Å². The first-order valence-corrected chi connectivity index (χ1v) is 8.27. The van der Waals surface area contributed by atoms with Crippen LogP contribution >= 0.6 is 11.3 Å². The first-order valence-electron chi connectivity index (χ1n) is 7.45. The molecule has 2 atom stereocenters. The molecule has 1 aromatic heterocycles. The number of aliphatic hydroxyl groups excluding tert-OH is 1. The largest absolute Gasteiger partial charge is 0.393 e. The summed E-state index contributed by atoms with van der Waals surface area (Å²) in [4.78, 5) is 4.57. The van der Waals surface area contributed by atoms with Gasteiger partial charge in [-0.1, -0.05) is 12.1 Å². The molecule has 3 rings (SSSR count). The predicted molar refractivity (Wildman–Crippen MR) is 82.2 cm³/mol. The van der Waals surface area contributed by atoms with E-state index in [0.717, 1.165) is 36.4 Å². The average Bonchev–Trinajstić information content (AvgIpc) is 2.88. The van der Waals surface area contributed by atoms with Crippen molar-refractivity contribution < 1.29 is 9.84 Å². The van der Waals surface area contributed by atoms with Gasteiger partial charge in [-0.3, -0.25) is 0 Å². The van der Waals surface area contributed by atoms with Crippen molar-refractivity contribution in [1.82, 2.24) is 4.98 Å². The molecular weight excluding hydrogens is 270 g/mol. The van der Waals surface area contributed by atoms with Crippen LogP contribution in [0.25, 0.3) is 10.2 Å². The van der Waals surface area contributed by atoms with E-state index in [-0.39, 0.29) is 6.10 Å². The number of aromatic nitrogens is 1. The lowest BCUT2D eigenvalue weighted by Crippen LogP contribution is -2.21. The average molecular weight is 291 g/mol. The maximum absolute atomic E-state index is 10.2. The van der Waals surface area contributed by atoms with Crippen molar-refractivity contribution in [2.24, 2.45) is 0 Å². The third-order valence-electron chi connectivity index (χ3n) is 3.84. The standard InChI is InChI=1S/C16H21NO2S/c18-12(8-9-13-5-3-4-10-19-13)11-16-17-14-6-1-2-7-15(14)20-16/h1-2,6-7,12-13,18H,3-5,8-11H2. The van der Waals surface area contributed by atoms with E-state index < -0.39 is 0 Å². The molecule has 1 fully saturated rings. The van der Waals surface area contributed by atoms with E-state index in [1.807, 2.05) is 18.2 Å². The quantitative estimate of drug-likeness (QED) is 0.916. The summed E-state index contributed by atoms with van der Waals surface area (Å²) in [5.74, 6) is 0. The Balaban J connectivity index is 1.51. The highest BCUT2D eigenvalue weighted by Crippen LogP contribution is 2.24. The van der Waals surface area contributed by atoms with Crippen molar-refractivity contribution >= 4 is 21.6 Å². The molecule has 0 spiro atoms. The molecule has 0 radical (unpaired) electrons. The van der Waals surface area contributed by atoms with E-state index in [1.165, 1.54) is 17.5 Å². The molecule has 0 saturated carbocycles. The Morgan fingerprint density at radius 2 is 2.25 bits per heavy atom. The molecule has 1 aromatic carbocycles. The summed E-state index contributed by atoms with van der Waals surface area (Å²) < 4.78 is 6.90. The van der Waals surface area contributed by atoms with E-state index in [1.54, 1.807) is 11.3 Å². The zero-order valence-electron chi connectivity index (χ0n) is 11.6. The lowest BCUT2D eigenvalue weighted by atomic mass is 10.0. The van der Waals surface area contributed by atoms with Gasteiger partial charge in [0.1, 0.15) is 0 Å². The second kappa shape index (κ2) is 6.66. The van der Waals surface area contributed by atoms with Gasteiger partial charge in [0.25, 0.3) is 0 Å². The SMILES string of the molecule is OC(CCC1CCCCO1)Cc1nc2ccccc2s1. The Labute approximate surface area is 123 Å². The summed E-state index contributed by atoms with van der Waals surface area (Å²) in [6.07, 6.45) is 6.07. The number of rotatable bonds is 5. The fourth-order valence-electron chi connectivity index (χ4n) is 2.72. The lowest BCUT2D eigenvalue weighted by Gasteiger charge is -2.23. The van der Waals surface area contributed by atoms with Crippen LogP contribution in [0.1, 0.15) is 37.1 Å². The molecule has 0 aliphatic carbocycles. The Kier molecular flexibility index (Phi) is 4.65. The highest BCUT2D eigenvalue weighted by Gasteiger charge is 2.16. The van der Waals surface area contributed by atoms with Crippen molar-refractivity contribution in [2.75, 3.05) is 6.61 Å². The van der Waals surface area contributed by atoms with Crippen LogP contribution in [0.2, 0.25) is 0 Å². The number of hydrogen-bond donors (Lipinski definition) is 1. The first-order chi connectivity index (χ1) is 9.81. The summed E-state index contributed by atoms with van der Waals surface area (Å²) in [5, 5.41) is 11.2. The molecule has 108 valence electrons. The van der Waals surface area contributed by atoms with Crippen LogP contribution in [0.4, 0.5) is 0 Å². The van der Waals surface area contributed by atoms with Gasteiger partial charge in [-0.25, -0.2) is 4.98 Å². The van der Waals surface area contributed by atoms with Gasteiger partial charge in [-0.05, 0) is 44.2 Å². The van der Waals surface area contributed by atoms with Crippen LogP contribution in [0.5, 0.6) is 0 Å². The monoisotopic (exact) mass is 291 g/mol. The van der Waals surface area contributed by atoms with Crippen molar-refractivity contribution in [2.45, 2.75) is 50.7 Å². The van der Waals surface area contributed by atoms with Crippen molar-refractivity contribution in [3.63, 3.8) is 0 Å². The van der Waals surface area contributed by atoms with Crippen molar-refractivity contribution in [3.8, 4) is 0 Å².